The first kappa shape index (κ1) is 11.6. The molecule has 14 heavy (non-hydrogen) atoms. The van der Waals surface area contributed by atoms with E-state index in [0.717, 1.165) is 32.4 Å². The lowest BCUT2D eigenvalue weighted by Crippen LogP contribution is -2.35. The Balaban J connectivity index is 2.26. The van der Waals surface area contributed by atoms with Crippen LogP contribution in [0.3, 0.4) is 0 Å². The predicted molar refractivity (Wildman–Crippen MR) is 55.2 cm³/mol. The minimum absolute atomic E-state index is 0.206. The fourth-order valence-electron chi connectivity index (χ4n) is 1.55. The molecule has 1 rings (SSSR count). The zero-order valence-corrected chi connectivity index (χ0v) is 9.22. The number of amides is 1. The molecule has 1 fully saturated rings. The molecule has 1 aliphatic rings. The Bertz CT molecular complexity index is 190. The van der Waals surface area contributed by atoms with Gasteiger partial charge in [-0.2, -0.15) is 0 Å². The molecular weight excluding hydrogens is 204 g/mol. The number of nitrogens with zero attached hydrogens (tertiary/aromatic N) is 1. The first-order valence-corrected chi connectivity index (χ1v) is 5.40. The molecule has 0 spiro atoms. The van der Waals surface area contributed by atoms with Crippen molar-refractivity contribution in [1.82, 2.24) is 9.74 Å². The molecule has 1 amide bonds. The third-order valence-electron chi connectivity index (χ3n) is 2.27. The van der Waals surface area contributed by atoms with E-state index in [4.69, 9.17) is 16.5 Å². The minimum atomic E-state index is -0.319. The first-order chi connectivity index (χ1) is 6.72. The summed E-state index contributed by atoms with van der Waals surface area (Å²) in [5, 5.41) is 2.83. The van der Waals surface area contributed by atoms with Crippen molar-refractivity contribution in [2.75, 3.05) is 19.7 Å². The van der Waals surface area contributed by atoms with Gasteiger partial charge < -0.3 is 10.1 Å². The van der Waals surface area contributed by atoms with Gasteiger partial charge in [-0.05, 0) is 38.0 Å². The second-order valence-corrected chi connectivity index (χ2v) is 3.88. The maximum Gasteiger partial charge on any atom is 0.407 e. The molecule has 0 radical (unpaired) electrons. The van der Waals surface area contributed by atoms with E-state index in [9.17, 15) is 4.79 Å². The number of carbonyl (C=O) groups excluding carboxylic acids is 1. The Morgan fingerprint density at radius 2 is 2.36 bits per heavy atom. The van der Waals surface area contributed by atoms with Crippen molar-refractivity contribution in [2.24, 2.45) is 0 Å². The van der Waals surface area contributed by atoms with Gasteiger partial charge in [-0.1, -0.05) is 0 Å². The van der Waals surface area contributed by atoms with E-state index in [0.29, 0.717) is 6.61 Å². The summed E-state index contributed by atoms with van der Waals surface area (Å²) in [6.45, 7) is 3.93. The number of alkyl carbamates (subject to hydrolysis) is 1. The van der Waals surface area contributed by atoms with Gasteiger partial charge in [0.15, 0.2) is 0 Å². The minimum Gasteiger partial charge on any atom is -0.450 e. The van der Waals surface area contributed by atoms with Gasteiger partial charge in [0, 0.05) is 19.1 Å². The second-order valence-electron chi connectivity index (χ2n) is 3.40. The Morgan fingerprint density at radius 3 is 3.07 bits per heavy atom. The van der Waals surface area contributed by atoms with E-state index in [-0.39, 0.29) is 12.1 Å². The lowest BCUT2D eigenvalue weighted by atomic mass is 10.1. The summed E-state index contributed by atoms with van der Waals surface area (Å²) >= 11 is 5.87. The van der Waals surface area contributed by atoms with Crippen LogP contribution < -0.4 is 5.32 Å². The number of hydrogen-bond acceptors (Lipinski definition) is 3. The van der Waals surface area contributed by atoms with Crippen LogP contribution in [0, 0.1) is 0 Å². The fraction of sp³-hybridized carbons (Fsp3) is 0.889. The predicted octanol–water partition coefficient (Wildman–Crippen LogP) is 1.74. The molecule has 0 aromatic heterocycles. The van der Waals surface area contributed by atoms with Crippen molar-refractivity contribution in [2.45, 2.75) is 32.2 Å². The van der Waals surface area contributed by atoms with Gasteiger partial charge in [0.2, 0.25) is 0 Å². The summed E-state index contributed by atoms with van der Waals surface area (Å²) in [7, 11) is 0. The lowest BCUT2D eigenvalue weighted by molar-refractivity contribution is 0.147. The van der Waals surface area contributed by atoms with Crippen molar-refractivity contribution >= 4 is 17.9 Å². The van der Waals surface area contributed by atoms with Crippen LogP contribution in [0.4, 0.5) is 4.79 Å². The number of ether oxygens (including phenoxy) is 1. The smallest absolute Gasteiger partial charge is 0.407 e. The number of rotatable bonds is 2. The standard InChI is InChI=1S/C9H17ClN2O2/c1-2-14-9(13)11-8-4-3-6-12(10)7-5-8/h8H,2-7H2,1H3,(H,11,13). The largest absolute Gasteiger partial charge is 0.450 e. The molecule has 0 aromatic rings. The SMILES string of the molecule is CCOC(=O)NC1CCCN(Cl)CC1. The zero-order chi connectivity index (χ0) is 10.4. The van der Waals surface area contributed by atoms with Gasteiger partial charge >= 0.3 is 6.09 Å². The molecule has 5 heteroatoms. The van der Waals surface area contributed by atoms with E-state index in [2.05, 4.69) is 5.32 Å². The monoisotopic (exact) mass is 220 g/mol. The van der Waals surface area contributed by atoms with Crippen LogP contribution in [0.5, 0.6) is 0 Å². The number of hydrogen-bond donors (Lipinski definition) is 1. The molecule has 1 unspecified atom stereocenters. The van der Waals surface area contributed by atoms with Crippen LogP contribution in [-0.2, 0) is 4.74 Å². The summed E-state index contributed by atoms with van der Waals surface area (Å²) in [5.74, 6) is 0. The maximum atomic E-state index is 11.1. The highest BCUT2D eigenvalue weighted by atomic mass is 35.5. The van der Waals surface area contributed by atoms with Crippen molar-refractivity contribution in [1.29, 1.82) is 0 Å². The highest BCUT2D eigenvalue weighted by Crippen LogP contribution is 2.12. The van der Waals surface area contributed by atoms with E-state index >= 15 is 0 Å². The molecule has 0 aliphatic carbocycles. The molecule has 0 aromatic carbocycles. The third-order valence-corrected chi connectivity index (χ3v) is 2.61. The Kier molecular flexibility index (Phi) is 5.04. The highest BCUT2D eigenvalue weighted by Gasteiger charge is 2.17. The third kappa shape index (κ3) is 4.15. The summed E-state index contributed by atoms with van der Waals surface area (Å²) < 4.78 is 6.59. The molecular formula is C9H17ClN2O2. The molecule has 4 nitrogen and oxygen atoms in total. The highest BCUT2D eigenvalue weighted by molar-refractivity contribution is 6.13. The van der Waals surface area contributed by atoms with Crippen LogP contribution in [-0.4, -0.2) is 36.3 Å². The van der Waals surface area contributed by atoms with Crippen molar-refractivity contribution in [3.05, 3.63) is 0 Å². The summed E-state index contributed by atoms with van der Waals surface area (Å²) in [6.07, 6.45) is 2.56. The number of carbonyl (C=O) groups is 1. The fourth-order valence-corrected chi connectivity index (χ4v) is 1.76. The normalized spacial score (nSPS) is 24.0. The summed E-state index contributed by atoms with van der Waals surface area (Å²) in [5.41, 5.74) is 0. The molecule has 1 saturated heterocycles. The van der Waals surface area contributed by atoms with Crippen LogP contribution >= 0.6 is 11.8 Å². The molecule has 1 atom stereocenters. The van der Waals surface area contributed by atoms with Crippen LogP contribution in [0.15, 0.2) is 0 Å². The van der Waals surface area contributed by atoms with Crippen molar-refractivity contribution in [3.63, 3.8) is 0 Å². The first-order valence-electron chi connectivity index (χ1n) is 5.06. The van der Waals surface area contributed by atoms with E-state index < -0.39 is 0 Å². The molecule has 0 bridgehead atoms. The van der Waals surface area contributed by atoms with E-state index in [1.165, 1.54) is 0 Å². The van der Waals surface area contributed by atoms with Crippen LogP contribution in [0.2, 0.25) is 0 Å². The Morgan fingerprint density at radius 1 is 1.57 bits per heavy atom. The average molecular weight is 221 g/mol. The number of nitrogens with one attached hydrogen (secondary N) is 1. The van der Waals surface area contributed by atoms with Gasteiger partial charge in [0.25, 0.3) is 0 Å². The van der Waals surface area contributed by atoms with Gasteiger partial charge in [0.05, 0.1) is 6.61 Å². The summed E-state index contributed by atoms with van der Waals surface area (Å²) in [4.78, 5) is 11.1. The van der Waals surface area contributed by atoms with Crippen molar-refractivity contribution < 1.29 is 9.53 Å². The lowest BCUT2D eigenvalue weighted by Gasteiger charge is -2.15. The van der Waals surface area contributed by atoms with Gasteiger partial charge in [0.1, 0.15) is 0 Å². The second kappa shape index (κ2) is 6.09. The van der Waals surface area contributed by atoms with Crippen LogP contribution in [0.25, 0.3) is 0 Å². The van der Waals surface area contributed by atoms with Crippen molar-refractivity contribution in [3.8, 4) is 0 Å². The molecule has 1 N–H and O–H groups in total. The Labute approximate surface area is 89.7 Å². The molecule has 1 aliphatic heterocycles. The van der Waals surface area contributed by atoms with Crippen LogP contribution in [0.1, 0.15) is 26.2 Å². The quantitative estimate of drug-likeness (QED) is 0.721. The summed E-state index contributed by atoms with van der Waals surface area (Å²) in [6, 6.07) is 0.206. The molecule has 82 valence electrons. The van der Waals surface area contributed by atoms with E-state index in [1.807, 2.05) is 0 Å². The van der Waals surface area contributed by atoms with Gasteiger partial charge in [-0.25, -0.2) is 9.21 Å². The molecule has 1 heterocycles. The molecule has 0 saturated carbocycles. The maximum absolute atomic E-state index is 11.1. The topological polar surface area (TPSA) is 41.6 Å². The Hall–Kier alpha value is -0.480. The van der Waals surface area contributed by atoms with Gasteiger partial charge in [-0.3, -0.25) is 0 Å². The van der Waals surface area contributed by atoms with E-state index in [1.54, 1.807) is 11.3 Å². The zero-order valence-electron chi connectivity index (χ0n) is 8.46. The van der Waals surface area contributed by atoms with Gasteiger partial charge in [-0.15, -0.1) is 0 Å². The number of halogens is 1. The average Bonchev–Trinajstić information content (AvgIpc) is 2.32.